The second-order valence-corrected chi connectivity index (χ2v) is 6.60. The summed E-state index contributed by atoms with van der Waals surface area (Å²) in [7, 11) is 0. The van der Waals surface area contributed by atoms with E-state index in [9.17, 15) is 5.11 Å². The molecule has 0 aromatic heterocycles. The summed E-state index contributed by atoms with van der Waals surface area (Å²) in [6, 6.07) is 5.38. The van der Waals surface area contributed by atoms with Crippen molar-refractivity contribution in [1.29, 1.82) is 0 Å². The molecule has 2 nitrogen and oxygen atoms in total. The summed E-state index contributed by atoms with van der Waals surface area (Å²) in [4.78, 5) is 0. The van der Waals surface area contributed by atoms with Gasteiger partial charge < -0.3 is 9.84 Å². The summed E-state index contributed by atoms with van der Waals surface area (Å²) < 4.78 is 6.70. The summed E-state index contributed by atoms with van der Waals surface area (Å²) in [6.45, 7) is 7.83. The first-order chi connectivity index (χ1) is 7.70. The molecule has 0 heterocycles. The van der Waals surface area contributed by atoms with Gasteiger partial charge in [-0.1, -0.05) is 48.3 Å². The Balaban J connectivity index is 2.94. The third-order valence-corrected chi connectivity index (χ3v) is 3.07. The molecule has 0 aliphatic carbocycles. The first-order valence-corrected chi connectivity index (χ1v) is 6.68. The lowest BCUT2D eigenvalue weighted by Crippen LogP contribution is -2.41. The van der Waals surface area contributed by atoms with Crippen LogP contribution in [0.3, 0.4) is 0 Å². The first-order valence-electron chi connectivity index (χ1n) is 5.51. The molecule has 0 radical (unpaired) electrons. The van der Waals surface area contributed by atoms with Gasteiger partial charge >= 0.3 is 0 Å². The van der Waals surface area contributed by atoms with Crippen LogP contribution in [0.5, 0.6) is 5.75 Å². The lowest BCUT2D eigenvalue weighted by atomic mass is 9.86. The number of rotatable bonds is 3. The molecule has 0 bridgehead atoms. The topological polar surface area (TPSA) is 29.5 Å². The number of benzene rings is 1. The minimum atomic E-state index is -0.548. The van der Waals surface area contributed by atoms with Gasteiger partial charge in [-0.3, -0.25) is 0 Å². The monoisotopic (exact) mass is 320 g/mol. The molecular formula is C13H18BrClO2. The van der Waals surface area contributed by atoms with Gasteiger partial charge in [-0.2, -0.15) is 0 Å². The fourth-order valence-corrected chi connectivity index (χ4v) is 2.57. The Bertz CT molecular complexity index is 365. The number of aliphatic hydroxyl groups excluding tert-OH is 1. The van der Waals surface area contributed by atoms with Gasteiger partial charge in [0.25, 0.3) is 0 Å². The van der Waals surface area contributed by atoms with Crippen LogP contribution in [-0.4, -0.2) is 17.3 Å². The van der Waals surface area contributed by atoms with E-state index in [-0.39, 0.29) is 11.5 Å². The average Bonchev–Trinajstić information content (AvgIpc) is 2.10. The molecule has 1 N–H and O–H groups in total. The Hall–Kier alpha value is -0.250. The maximum Gasteiger partial charge on any atom is 0.129 e. The molecule has 2 atom stereocenters. The predicted octanol–water partition coefficient (Wildman–Crippen LogP) is 4.28. The van der Waals surface area contributed by atoms with Crippen LogP contribution >= 0.6 is 27.5 Å². The van der Waals surface area contributed by atoms with Gasteiger partial charge in [0, 0.05) is 14.9 Å². The van der Waals surface area contributed by atoms with Crippen molar-refractivity contribution in [2.24, 2.45) is 5.41 Å². The largest absolute Gasteiger partial charge is 0.487 e. The third kappa shape index (κ3) is 4.49. The molecule has 1 aromatic carbocycles. The molecule has 1 aromatic rings. The van der Waals surface area contributed by atoms with Gasteiger partial charge in [0.05, 0.1) is 6.10 Å². The summed E-state index contributed by atoms with van der Waals surface area (Å²) in [5.74, 6) is 0.658. The average molecular weight is 322 g/mol. The fourth-order valence-electron chi connectivity index (χ4n) is 1.74. The lowest BCUT2D eigenvalue weighted by Gasteiger charge is -2.33. The number of hydrogen-bond acceptors (Lipinski definition) is 2. The van der Waals surface area contributed by atoms with Crippen LogP contribution in [0.2, 0.25) is 5.02 Å². The zero-order valence-corrected chi connectivity index (χ0v) is 12.8. The van der Waals surface area contributed by atoms with Crippen LogP contribution in [0.25, 0.3) is 0 Å². The van der Waals surface area contributed by atoms with Crippen molar-refractivity contribution in [3.8, 4) is 5.75 Å². The minimum absolute atomic E-state index is 0.150. The van der Waals surface area contributed by atoms with Crippen LogP contribution in [0.15, 0.2) is 22.7 Å². The van der Waals surface area contributed by atoms with Crippen molar-refractivity contribution in [3.05, 3.63) is 27.7 Å². The van der Waals surface area contributed by atoms with Gasteiger partial charge in [0.2, 0.25) is 0 Å². The highest BCUT2D eigenvalue weighted by Crippen LogP contribution is 2.30. The van der Waals surface area contributed by atoms with Crippen LogP contribution in [0.4, 0.5) is 0 Å². The maximum absolute atomic E-state index is 9.78. The lowest BCUT2D eigenvalue weighted by molar-refractivity contribution is -0.0173. The van der Waals surface area contributed by atoms with Gasteiger partial charge in [-0.25, -0.2) is 0 Å². The van der Waals surface area contributed by atoms with Crippen LogP contribution < -0.4 is 4.74 Å². The Morgan fingerprint density at radius 2 is 1.88 bits per heavy atom. The van der Waals surface area contributed by atoms with Crippen molar-refractivity contribution in [2.45, 2.75) is 39.9 Å². The molecule has 17 heavy (non-hydrogen) atoms. The molecule has 1 rings (SSSR count). The van der Waals surface area contributed by atoms with Crippen LogP contribution in [0.1, 0.15) is 27.7 Å². The zero-order chi connectivity index (χ0) is 13.2. The Morgan fingerprint density at radius 1 is 1.29 bits per heavy atom. The van der Waals surface area contributed by atoms with Crippen molar-refractivity contribution in [3.63, 3.8) is 0 Å². The highest BCUT2D eigenvalue weighted by molar-refractivity contribution is 9.10. The van der Waals surface area contributed by atoms with E-state index >= 15 is 0 Å². The summed E-state index contributed by atoms with van der Waals surface area (Å²) in [5.41, 5.74) is -0.150. The van der Waals surface area contributed by atoms with Gasteiger partial charge in [-0.15, -0.1) is 0 Å². The van der Waals surface area contributed by atoms with Crippen LogP contribution in [-0.2, 0) is 0 Å². The van der Waals surface area contributed by atoms with Crippen molar-refractivity contribution in [2.75, 3.05) is 0 Å². The predicted molar refractivity (Wildman–Crippen MR) is 74.7 cm³/mol. The Morgan fingerprint density at radius 3 is 2.29 bits per heavy atom. The molecular weight excluding hydrogens is 303 g/mol. The van der Waals surface area contributed by atoms with E-state index in [1.807, 2.05) is 26.8 Å². The quantitative estimate of drug-likeness (QED) is 0.900. The summed E-state index contributed by atoms with van der Waals surface area (Å²) in [5, 5.41) is 10.4. The molecule has 4 heteroatoms. The zero-order valence-electron chi connectivity index (χ0n) is 10.5. The molecule has 0 saturated heterocycles. The molecule has 96 valence electrons. The van der Waals surface area contributed by atoms with Crippen molar-refractivity contribution < 1.29 is 9.84 Å². The smallest absolute Gasteiger partial charge is 0.129 e. The van der Waals surface area contributed by atoms with E-state index in [0.29, 0.717) is 10.8 Å². The normalized spacial score (nSPS) is 15.5. The number of ether oxygens (including phenoxy) is 1. The van der Waals surface area contributed by atoms with Crippen molar-refractivity contribution >= 4 is 27.5 Å². The molecule has 0 spiro atoms. The van der Waals surface area contributed by atoms with E-state index in [4.69, 9.17) is 16.3 Å². The molecule has 0 aliphatic rings. The Kier molecular flexibility index (Phi) is 4.87. The van der Waals surface area contributed by atoms with E-state index in [1.165, 1.54) is 0 Å². The van der Waals surface area contributed by atoms with Crippen molar-refractivity contribution in [1.82, 2.24) is 0 Å². The molecule has 2 unspecified atom stereocenters. The molecule has 0 fully saturated rings. The standard InChI is InChI=1S/C13H18BrClO2/c1-8(16)12(13(2,3)4)17-11-6-9(14)5-10(15)7-11/h5-8,12,16H,1-4H3. The van der Waals surface area contributed by atoms with Gasteiger partial charge in [0.15, 0.2) is 0 Å². The number of hydrogen-bond donors (Lipinski definition) is 1. The molecule has 0 saturated carbocycles. The van der Waals surface area contributed by atoms with E-state index in [2.05, 4.69) is 15.9 Å². The summed E-state index contributed by atoms with van der Waals surface area (Å²) in [6.07, 6.45) is -0.833. The third-order valence-electron chi connectivity index (χ3n) is 2.39. The Labute approximate surface area is 116 Å². The first kappa shape index (κ1) is 14.8. The summed E-state index contributed by atoms with van der Waals surface area (Å²) >= 11 is 9.32. The van der Waals surface area contributed by atoms with E-state index in [0.717, 1.165) is 4.47 Å². The SMILES string of the molecule is CC(O)C(Oc1cc(Cl)cc(Br)c1)C(C)(C)C. The van der Waals surface area contributed by atoms with E-state index in [1.54, 1.807) is 19.1 Å². The molecule has 0 aliphatic heterocycles. The second-order valence-electron chi connectivity index (χ2n) is 5.25. The minimum Gasteiger partial charge on any atom is -0.487 e. The fraction of sp³-hybridized carbons (Fsp3) is 0.538. The number of halogens is 2. The highest BCUT2D eigenvalue weighted by Gasteiger charge is 2.30. The maximum atomic E-state index is 9.78. The molecule has 0 amide bonds. The van der Waals surface area contributed by atoms with E-state index < -0.39 is 6.10 Å². The highest BCUT2D eigenvalue weighted by atomic mass is 79.9. The van der Waals surface area contributed by atoms with Gasteiger partial charge in [-0.05, 0) is 25.1 Å². The van der Waals surface area contributed by atoms with Gasteiger partial charge in [0.1, 0.15) is 11.9 Å². The van der Waals surface area contributed by atoms with Crippen LogP contribution in [0, 0.1) is 5.41 Å². The number of aliphatic hydroxyl groups is 1. The second kappa shape index (κ2) is 5.59.